The van der Waals surface area contributed by atoms with E-state index in [1.807, 2.05) is 30.3 Å². The average molecular weight is 424 g/mol. The first-order valence-corrected chi connectivity index (χ1v) is 10.9. The molecule has 0 radical (unpaired) electrons. The molecule has 3 heterocycles. The van der Waals surface area contributed by atoms with E-state index in [0.29, 0.717) is 12.2 Å². The van der Waals surface area contributed by atoms with Crippen molar-refractivity contribution in [2.75, 3.05) is 41.8 Å². The largest absolute Gasteiger partial charge is 0.378 e. The number of nitrogens with zero attached hydrogens (tertiary/aromatic N) is 3. The maximum atomic E-state index is 12.2. The number of hydrogen-bond donors (Lipinski definition) is 2. The zero-order valence-electron chi connectivity index (χ0n) is 16.9. The number of aromatic nitrogens is 2. The highest BCUT2D eigenvalue weighted by molar-refractivity contribution is 7.10. The van der Waals surface area contributed by atoms with E-state index in [1.54, 1.807) is 17.5 Å². The van der Waals surface area contributed by atoms with Crippen LogP contribution in [0, 0.1) is 6.92 Å². The number of aryl methyl sites for hydroxylation is 2. The molecule has 1 fully saturated rings. The monoisotopic (exact) mass is 423 g/mol. The smallest absolute Gasteiger partial charge is 0.224 e. The number of nitrogens with one attached hydrogen (secondary N) is 2. The fourth-order valence-electron chi connectivity index (χ4n) is 3.31. The minimum Gasteiger partial charge on any atom is -0.378 e. The Labute approximate surface area is 180 Å². The van der Waals surface area contributed by atoms with Gasteiger partial charge in [0.15, 0.2) is 5.82 Å². The Kier molecular flexibility index (Phi) is 6.56. The van der Waals surface area contributed by atoms with Crippen LogP contribution in [-0.4, -0.2) is 42.4 Å². The van der Waals surface area contributed by atoms with Gasteiger partial charge in [-0.3, -0.25) is 4.79 Å². The van der Waals surface area contributed by atoms with Crippen LogP contribution in [0.1, 0.15) is 16.9 Å². The fourth-order valence-corrected chi connectivity index (χ4v) is 4.22. The quantitative estimate of drug-likeness (QED) is 0.598. The minimum atomic E-state index is 0.0209. The molecule has 2 aromatic heterocycles. The second kappa shape index (κ2) is 9.69. The minimum absolute atomic E-state index is 0.0209. The SMILES string of the molecule is Cc1ccsc1CCC(=O)Nc1ccc(Nc2cc(N3CCOCC3)cnn2)cc1. The summed E-state index contributed by atoms with van der Waals surface area (Å²) in [5, 5.41) is 16.6. The van der Waals surface area contributed by atoms with E-state index in [1.165, 1.54) is 10.4 Å². The van der Waals surface area contributed by atoms with Crippen LogP contribution in [0.15, 0.2) is 48.0 Å². The number of carbonyl (C=O) groups is 1. The predicted molar refractivity (Wildman–Crippen MR) is 121 cm³/mol. The van der Waals surface area contributed by atoms with E-state index in [0.717, 1.165) is 49.8 Å². The van der Waals surface area contributed by atoms with Crippen molar-refractivity contribution in [1.82, 2.24) is 10.2 Å². The Morgan fingerprint density at radius 1 is 1.17 bits per heavy atom. The second-order valence-corrected chi connectivity index (χ2v) is 8.18. The summed E-state index contributed by atoms with van der Waals surface area (Å²) >= 11 is 1.70. The summed E-state index contributed by atoms with van der Waals surface area (Å²) in [6.07, 6.45) is 3.02. The number of morpholine rings is 1. The molecule has 0 spiro atoms. The van der Waals surface area contributed by atoms with Crippen LogP contribution >= 0.6 is 11.3 Å². The van der Waals surface area contributed by atoms with Gasteiger partial charge in [-0.2, -0.15) is 5.10 Å². The van der Waals surface area contributed by atoms with Crippen LogP contribution in [0.2, 0.25) is 0 Å². The van der Waals surface area contributed by atoms with Crippen molar-refractivity contribution in [3.05, 3.63) is 58.4 Å². The average Bonchev–Trinajstić information content (AvgIpc) is 3.19. The number of carbonyl (C=O) groups excluding carboxylic acids is 1. The van der Waals surface area contributed by atoms with Gasteiger partial charge in [-0.1, -0.05) is 0 Å². The maximum absolute atomic E-state index is 12.2. The van der Waals surface area contributed by atoms with Gasteiger partial charge in [0, 0.05) is 41.8 Å². The highest BCUT2D eigenvalue weighted by Gasteiger charge is 2.12. The summed E-state index contributed by atoms with van der Waals surface area (Å²) in [4.78, 5) is 15.7. The number of benzene rings is 1. The van der Waals surface area contributed by atoms with Crippen molar-refractivity contribution in [2.45, 2.75) is 19.8 Å². The van der Waals surface area contributed by atoms with Crippen molar-refractivity contribution >= 4 is 40.1 Å². The third-order valence-electron chi connectivity index (χ3n) is 5.00. The van der Waals surface area contributed by atoms with Crippen LogP contribution in [0.5, 0.6) is 0 Å². The van der Waals surface area contributed by atoms with Crippen LogP contribution in [0.25, 0.3) is 0 Å². The zero-order valence-corrected chi connectivity index (χ0v) is 17.7. The van der Waals surface area contributed by atoms with Crippen LogP contribution in [0.4, 0.5) is 22.9 Å². The van der Waals surface area contributed by atoms with Crippen LogP contribution in [0.3, 0.4) is 0 Å². The van der Waals surface area contributed by atoms with Crippen molar-refractivity contribution in [1.29, 1.82) is 0 Å². The molecule has 3 aromatic rings. The lowest BCUT2D eigenvalue weighted by molar-refractivity contribution is -0.116. The number of thiophene rings is 1. The van der Waals surface area contributed by atoms with E-state index in [4.69, 9.17) is 4.74 Å². The molecule has 30 heavy (non-hydrogen) atoms. The Hall–Kier alpha value is -2.97. The molecule has 4 rings (SSSR count). The Bertz CT molecular complexity index is 983. The number of amides is 1. The zero-order chi connectivity index (χ0) is 20.8. The Balaban J connectivity index is 1.31. The number of rotatable bonds is 7. The first-order chi connectivity index (χ1) is 14.7. The van der Waals surface area contributed by atoms with Gasteiger partial charge < -0.3 is 20.3 Å². The molecule has 1 saturated heterocycles. The molecule has 0 atom stereocenters. The summed E-state index contributed by atoms with van der Waals surface area (Å²) in [5.74, 6) is 0.703. The molecule has 1 aliphatic rings. The van der Waals surface area contributed by atoms with E-state index < -0.39 is 0 Å². The third kappa shape index (κ3) is 5.34. The molecule has 0 bridgehead atoms. The van der Waals surface area contributed by atoms with Gasteiger partial charge in [-0.25, -0.2) is 0 Å². The lowest BCUT2D eigenvalue weighted by atomic mass is 10.2. The molecule has 1 aromatic carbocycles. The van der Waals surface area contributed by atoms with Crippen LogP contribution < -0.4 is 15.5 Å². The molecular weight excluding hydrogens is 398 g/mol. The third-order valence-corrected chi connectivity index (χ3v) is 6.09. The lowest BCUT2D eigenvalue weighted by Crippen LogP contribution is -2.36. The molecular formula is C22H25N5O2S. The maximum Gasteiger partial charge on any atom is 0.224 e. The van der Waals surface area contributed by atoms with Gasteiger partial charge in [-0.15, -0.1) is 16.4 Å². The molecule has 0 saturated carbocycles. The number of hydrogen-bond acceptors (Lipinski definition) is 7. The van der Waals surface area contributed by atoms with E-state index in [2.05, 4.69) is 44.1 Å². The Morgan fingerprint density at radius 2 is 1.93 bits per heavy atom. The van der Waals surface area contributed by atoms with Crippen molar-refractivity contribution < 1.29 is 9.53 Å². The summed E-state index contributed by atoms with van der Waals surface area (Å²) in [5.41, 5.74) is 3.95. The van der Waals surface area contributed by atoms with Gasteiger partial charge in [0.1, 0.15) is 0 Å². The summed E-state index contributed by atoms with van der Waals surface area (Å²) < 4.78 is 5.40. The van der Waals surface area contributed by atoms with Crippen molar-refractivity contribution in [3.8, 4) is 0 Å². The predicted octanol–water partition coefficient (Wildman–Crippen LogP) is 4.00. The molecule has 7 nitrogen and oxygen atoms in total. The molecule has 1 amide bonds. The molecule has 0 unspecified atom stereocenters. The lowest BCUT2D eigenvalue weighted by Gasteiger charge is -2.28. The fraction of sp³-hybridized carbons (Fsp3) is 0.318. The summed E-state index contributed by atoms with van der Waals surface area (Å²) in [6.45, 7) is 5.24. The summed E-state index contributed by atoms with van der Waals surface area (Å²) in [6, 6.07) is 11.7. The molecule has 156 valence electrons. The highest BCUT2D eigenvalue weighted by atomic mass is 32.1. The van der Waals surface area contributed by atoms with E-state index in [-0.39, 0.29) is 5.91 Å². The number of ether oxygens (including phenoxy) is 1. The first-order valence-electron chi connectivity index (χ1n) is 10.0. The van der Waals surface area contributed by atoms with Gasteiger partial charge in [0.25, 0.3) is 0 Å². The topological polar surface area (TPSA) is 79.4 Å². The molecule has 1 aliphatic heterocycles. The van der Waals surface area contributed by atoms with Crippen molar-refractivity contribution in [3.63, 3.8) is 0 Å². The number of anilines is 4. The Morgan fingerprint density at radius 3 is 2.67 bits per heavy atom. The molecule has 2 N–H and O–H groups in total. The molecule has 0 aliphatic carbocycles. The first kappa shape index (κ1) is 20.3. The van der Waals surface area contributed by atoms with Gasteiger partial charge in [0.2, 0.25) is 5.91 Å². The normalized spacial score (nSPS) is 13.8. The van der Waals surface area contributed by atoms with E-state index >= 15 is 0 Å². The highest BCUT2D eigenvalue weighted by Crippen LogP contribution is 2.22. The van der Waals surface area contributed by atoms with Gasteiger partial charge in [0.05, 0.1) is 25.1 Å². The van der Waals surface area contributed by atoms with Crippen LogP contribution in [-0.2, 0) is 16.0 Å². The van der Waals surface area contributed by atoms with Gasteiger partial charge in [-0.05, 0) is 54.6 Å². The second-order valence-electron chi connectivity index (χ2n) is 7.18. The van der Waals surface area contributed by atoms with Crippen molar-refractivity contribution in [2.24, 2.45) is 0 Å². The van der Waals surface area contributed by atoms with Gasteiger partial charge >= 0.3 is 0 Å². The summed E-state index contributed by atoms with van der Waals surface area (Å²) in [7, 11) is 0. The van der Waals surface area contributed by atoms with E-state index in [9.17, 15) is 4.79 Å². The molecule has 8 heteroatoms. The standard InChI is InChI=1S/C22H25N5O2S/c1-16-8-13-30-20(16)6-7-22(28)25-18-4-2-17(3-5-18)24-21-14-19(15-23-26-21)27-9-11-29-12-10-27/h2-5,8,13-15H,6-7,9-12H2,1H3,(H,24,26)(H,25,28).